The first-order valence-electron chi connectivity index (χ1n) is 29.4. The van der Waals surface area contributed by atoms with Crippen molar-refractivity contribution >= 4 is 86.2 Å². The lowest BCUT2D eigenvalue weighted by atomic mass is 9.80. The molecular weight excluding hydrogens is 1010 g/mol. The van der Waals surface area contributed by atoms with Gasteiger partial charge in [-0.05, 0) is 210 Å². The quantitative estimate of drug-likeness (QED) is 0.115. The number of hydrogen-bond donors (Lipinski definition) is 0. The van der Waals surface area contributed by atoms with Crippen LogP contribution in [0.3, 0.4) is 0 Å². The zero-order valence-corrected chi connectivity index (χ0v) is 45.7. The molecule has 19 rings (SSSR count). The molecule has 0 heteroatoms. The molecule has 0 amide bonds. The number of benzene rings is 17. The van der Waals surface area contributed by atoms with Crippen LogP contribution in [0.25, 0.3) is 197 Å². The van der Waals surface area contributed by atoms with E-state index in [0.717, 1.165) is 0 Å². The van der Waals surface area contributed by atoms with Gasteiger partial charge in [0.1, 0.15) is 0 Å². The van der Waals surface area contributed by atoms with E-state index in [2.05, 4.69) is 291 Å². The fourth-order valence-corrected chi connectivity index (χ4v) is 15.7. The Morgan fingerprint density at radius 3 is 0.810 bits per heavy atom. The first-order valence-corrected chi connectivity index (χ1v) is 29.4. The summed E-state index contributed by atoms with van der Waals surface area (Å²) in [4.78, 5) is 0. The van der Waals surface area contributed by atoms with Crippen LogP contribution in [0, 0.1) is 0 Å². The highest BCUT2D eigenvalue weighted by atomic mass is 14.4. The lowest BCUT2D eigenvalue weighted by Gasteiger charge is -2.22. The van der Waals surface area contributed by atoms with E-state index in [1.807, 2.05) is 0 Å². The molecule has 17 aromatic carbocycles. The minimum absolute atomic E-state index is 1.21. The van der Waals surface area contributed by atoms with Crippen LogP contribution in [0.4, 0.5) is 0 Å². The Labute approximate surface area is 485 Å². The van der Waals surface area contributed by atoms with E-state index in [1.165, 1.54) is 197 Å². The lowest BCUT2D eigenvalue weighted by Crippen LogP contribution is -1.95. The third-order valence-electron chi connectivity index (χ3n) is 19.0. The summed E-state index contributed by atoms with van der Waals surface area (Å²) < 4.78 is 0. The van der Waals surface area contributed by atoms with E-state index >= 15 is 0 Å². The molecule has 84 heavy (non-hydrogen) atoms. The second-order valence-corrected chi connectivity index (χ2v) is 23.2. The largest absolute Gasteiger partial charge is 0.0622 e. The molecule has 17 aromatic rings. The van der Waals surface area contributed by atoms with Crippen molar-refractivity contribution < 1.29 is 0 Å². The lowest BCUT2D eigenvalue weighted by molar-refractivity contribution is 1.59. The monoisotopic (exact) mass is 1060 g/mol. The molecule has 0 spiro atoms. The van der Waals surface area contributed by atoms with Crippen molar-refractivity contribution in [2.45, 2.75) is 0 Å². The molecule has 0 N–H and O–H groups in total. The van der Waals surface area contributed by atoms with Gasteiger partial charge in [0, 0.05) is 0 Å². The Morgan fingerprint density at radius 2 is 0.429 bits per heavy atom. The third kappa shape index (κ3) is 6.21. The van der Waals surface area contributed by atoms with Crippen molar-refractivity contribution in [2.75, 3.05) is 0 Å². The first-order chi connectivity index (χ1) is 41.7. The van der Waals surface area contributed by atoms with Gasteiger partial charge in [-0.15, -0.1) is 0 Å². The van der Waals surface area contributed by atoms with Crippen molar-refractivity contribution in [3.05, 3.63) is 291 Å². The SMILES string of the molecule is c1ccc(-c2ccccc2-c2c3c(c(-c4ccc5ccccc5c4)c4ccccc24)-c2ccc4c5ccc6c7c(ccc(c8ccc-3c2c48)c75)-c2c-6c(-c3ccc4ccccc4c3)c3ccccc3c2-c2ccccc2-c2ccccc2)cc1. The van der Waals surface area contributed by atoms with Gasteiger partial charge in [0.25, 0.3) is 0 Å². The van der Waals surface area contributed by atoms with E-state index in [-0.39, 0.29) is 0 Å². The zero-order valence-electron chi connectivity index (χ0n) is 45.7. The van der Waals surface area contributed by atoms with Crippen molar-refractivity contribution in [2.24, 2.45) is 0 Å². The molecule has 0 radical (unpaired) electrons. The van der Waals surface area contributed by atoms with Crippen LogP contribution < -0.4 is 0 Å². The number of hydrogen-bond acceptors (Lipinski definition) is 0. The van der Waals surface area contributed by atoms with Gasteiger partial charge in [-0.25, -0.2) is 0 Å². The van der Waals surface area contributed by atoms with Crippen LogP contribution in [0.2, 0.25) is 0 Å². The molecular formula is C84H48. The molecule has 0 bridgehead atoms. The molecule has 0 heterocycles. The Kier molecular flexibility index (Phi) is 9.43. The topological polar surface area (TPSA) is 0 Å². The molecule has 0 atom stereocenters. The molecule has 0 fully saturated rings. The van der Waals surface area contributed by atoms with Crippen LogP contribution in [-0.4, -0.2) is 0 Å². The molecule has 0 aromatic heterocycles. The van der Waals surface area contributed by atoms with Crippen LogP contribution in [0.1, 0.15) is 0 Å². The minimum Gasteiger partial charge on any atom is -0.0622 e. The summed E-state index contributed by atoms with van der Waals surface area (Å²) in [6, 6.07) is 110. The van der Waals surface area contributed by atoms with E-state index in [4.69, 9.17) is 0 Å². The maximum absolute atomic E-state index is 2.48. The highest BCUT2D eigenvalue weighted by molar-refractivity contribution is 6.42. The smallest absolute Gasteiger partial charge is 0.000718 e. The molecule has 0 nitrogen and oxygen atoms in total. The average Bonchev–Trinajstić information content (AvgIpc) is 1.57. The maximum Gasteiger partial charge on any atom is -0.000718 e. The summed E-state index contributed by atoms with van der Waals surface area (Å²) >= 11 is 0. The molecule has 0 unspecified atom stereocenters. The second kappa shape index (κ2) is 17.3. The highest BCUT2D eigenvalue weighted by Crippen LogP contribution is 2.64. The summed E-state index contributed by atoms with van der Waals surface area (Å²) in [5.41, 5.74) is 25.4. The van der Waals surface area contributed by atoms with Gasteiger partial charge in [0.05, 0.1) is 0 Å². The summed E-state index contributed by atoms with van der Waals surface area (Å²) in [6.07, 6.45) is 0. The van der Waals surface area contributed by atoms with Crippen molar-refractivity contribution in [3.8, 4) is 111 Å². The van der Waals surface area contributed by atoms with Gasteiger partial charge in [-0.3, -0.25) is 0 Å². The predicted molar refractivity (Wildman–Crippen MR) is 359 cm³/mol. The van der Waals surface area contributed by atoms with Gasteiger partial charge in [-0.2, -0.15) is 0 Å². The van der Waals surface area contributed by atoms with Crippen LogP contribution in [0.5, 0.6) is 0 Å². The maximum atomic E-state index is 2.48. The zero-order chi connectivity index (χ0) is 54.7. The molecule has 0 saturated carbocycles. The van der Waals surface area contributed by atoms with Crippen LogP contribution in [0.15, 0.2) is 291 Å². The minimum atomic E-state index is 1.21. The summed E-state index contributed by atoms with van der Waals surface area (Å²) in [6.45, 7) is 0. The van der Waals surface area contributed by atoms with Gasteiger partial charge < -0.3 is 0 Å². The van der Waals surface area contributed by atoms with E-state index < -0.39 is 0 Å². The Hall–Kier alpha value is -10.9. The predicted octanol–water partition coefficient (Wildman–Crippen LogP) is 23.6. The summed E-state index contributed by atoms with van der Waals surface area (Å²) in [5, 5.41) is 20.5. The van der Waals surface area contributed by atoms with Crippen molar-refractivity contribution in [1.82, 2.24) is 0 Å². The Morgan fingerprint density at radius 1 is 0.131 bits per heavy atom. The molecule has 2 aliphatic carbocycles. The molecule has 0 saturated heterocycles. The van der Waals surface area contributed by atoms with E-state index in [1.54, 1.807) is 0 Å². The standard InChI is InChI=1S/C84H48/c1-3-21-51(22-4-1)57-27-11-13-29-59(57)77-63-33-17-15-31-61(63)73(55-37-35-49-19-7-9-25-53(49)47-55)81-69-43-39-65-66-40-44-70-80-72(46-42-68(76(66)80)67-41-45-71(83(77)81)79(69)75(65)67)84-78(60-30-14-12-28-58(60)52-23-5-2-6-24-52)64-34-18-16-32-62(64)74(82(70)84)56-38-36-50-20-8-10-26-54(50)48-56/h1-48H. The average molecular weight is 1060 g/mol. The molecule has 2 aliphatic rings. The number of fused-ring (bicyclic) bond motifs is 12. The van der Waals surface area contributed by atoms with Gasteiger partial charge in [0.2, 0.25) is 0 Å². The van der Waals surface area contributed by atoms with Crippen molar-refractivity contribution in [1.29, 1.82) is 0 Å². The molecule has 0 aliphatic heterocycles. The number of rotatable bonds is 6. The fraction of sp³-hybridized carbons (Fsp3) is 0. The third-order valence-corrected chi connectivity index (χ3v) is 19.0. The first kappa shape index (κ1) is 45.8. The van der Waals surface area contributed by atoms with Crippen LogP contribution in [-0.2, 0) is 0 Å². The summed E-state index contributed by atoms with van der Waals surface area (Å²) in [5.74, 6) is 0. The Bertz CT molecular complexity index is 5330. The van der Waals surface area contributed by atoms with Gasteiger partial charge in [0.15, 0.2) is 0 Å². The molecule has 384 valence electrons. The summed E-state index contributed by atoms with van der Waals surface area (Å²) in [7, 11) is 0. The highest BCUT2D eigenvalue weighted by Gasteiger charge is 2.36. The normalized spacial score (nSPS) is 12.3. The van der Waals surface area contributed by atoms with E-state index in [9.17, 15) is 0 Å². The fourth-order valence-electron chi connectivity index (χ4n) is 15.7. The van der Waals surface area contributed by atoms with E-state index in [0.29, 0.717) is 0 Å². The van der Waals surface area contributed by atoms with Gasteiger partial charge in [-0.1, -0.05) is 279 Å². The second-order valence-electron chi connectivity index (χ2n) is 23.2. The van der Waals surface area contributed by atoms with Crippen molar-refractivity contribution in [3.63, 3.8) is 0 Å². The Balaban J connectivity index is 0.929. The van der Waals surface area contributed by atoms with Gasteiger partial charge >= 0.3 is 0 Å². The van der Waals surface area contributed by atoms with Crippen LogP contribution >= 0.6 is 0 Å².